The SMILES string of the molecule is Fc1cccc(-c2nccc3[nH]c(-c4n[nH]c5cnc(-c6cncc(OCCN7CCCC7)c6)cc45)nc23)c1. The van der Waals surface area contributed by atoms with E-state index in [-0.39, 0.29) is 5.82 Å². The first-order valence-electron chi connectivity index (χ1n) is 13.0. The van der Waals surface area contributed by atoms with Gasteiger partial charge in [0.05, 0.1) is 34.8 Å². The third kappa shape index (κ3) is 4.59. The fourth-order valence-electron chi connectivity index (χ4n) is 5.09. The van der Waals surface area contributed by atoms with Gasteiger partial charge in [-0.15, -0.1) is 0 Å². The minimum Gasteiger partial charge on any atom is -0.491 e. The van der Waals surface area contributed by atoms with Crippen LogP contribution < -0.4 is 4.74 Å². The average Bonchev–Trinajstić information content (AvgIpc) is 3.72. The molecule has 6 aromatic rings. The number of nitrogens with one attached hydrogen (secondary N) is 2. The number of pyridine rings is 3. The van der Waals surface area contributed by atoms with Gasteiger partial charge in [0.1, 0.15) is 29.4 Å². The van der Waals surface area contributed by atoms with Crippen molar-refractivity contribution in [3.63, 3.8) is 0 Å². The summed E-state index contributed by atoms with van der Waals surface area (Å²) in [5.41, 5.74) is 5.73. The van der Waals surface area contributed by atoms with Gasteiger partial charge < -0.3 is 9.72 Å². The van der Waals surface area contributed by atoms with Crippen LogP contribution in [0.25, 0.3) is 56.0 Å². The Bertz CT molecular complexity index is 1790. The minimum atomic E-state index is -0.323. The zero-order chi connectivity index (χ0) is 26.2. The molecule has 1 aromatic carbocycles. The lowest BCUT2D eigenvalue weighted by Crippen LogP contribution is -2.25. The largest absolute Gasteiger partial charge is 0.491 e. The van der Waals surface area contributed by atoms with Gasteiger partial charge in [0, 0.05) is 35.5 Å². The van der Waals surface area contributed by atoms with Gasteiger partial charge in [-0.25, -0.2) is 9.37 Å². The molecule has 39 heavy (non-hydrogen) atoms. The van der Waals surface area contributed by atoms with Gasteiger partial charge in [-0.05, 0) is 56.3 Å². The normalized spacial score (nSPS) is 14.0. The number of ether oxygens (including phenoxy) is 1. The van der Waals surface area contributed by atoms with Crippen molar-refractivity contribution in [2.24, 2.45) is 0 Å². The van der Waals surface area contributed by atoms with Gasteiger partial charge in [0.25, 0.3) is 0 Å². The second-order valence-corrected chi connectivity index (χ2v) is 9.65. The third-order valence-corrected chi connectivity index (χ3v) is 7.05. The molecule has 0 atom stereocenters. The number of benzene rings is 1. The molecule has 1 fully saturated rings. The van der Waals surface area contributed by atoms with Crippen molar-refractivity contribution in [2.45, 2.75) is 12.8 Å². The summed E-state index contributed by atoms with van der Waals surface area (Å²) in [5, 5.41) is 8.43. The number of nitrogens with zero attached hydrogens (tertiary/aromatic N) is 6. The number of likely N-dealkylation sites (tertiary alicyclic amines) is 1. The van der Waals surface area contributed by atoms with Crippen LogP contribution in [0, 0.1) is 5.82 Å². The number of H-pyrrole nitrogens is 2. The molecule has 0 aliphatic carbocycles. The summed E-state index contributed by atoms with van der Waals surface area (Å²) in [6.07, 6.45) is 9.47. The fourth-order valence-corrected chi connectivity index (χ4v) is 5.09. The molecular formula is C29H25FN8O. The molecule has 1 saturated heterocycles. The number of aromatic amines is 2. The smallest absolute Gasteiger partial charge is 0.159 e. The highest BCUT2D eigenvalue weighted by molar-refractivity contribution is 5.96. The van der Waals surface area contributed by atoms with E-state index in [9.17, 15) is 4.39 Å². The number of aromatic nitrogens is 7. The molecule has 194 valence electrons. The van der Waals surface area contributed by atoms with Crippen LogP contribution in [0.4, 0.5) is 4.39 Å². The average molecular weight is 521 g/mol. The van der Waals surface area contributed by atoms with Crippen LogP contribution in [0.5, 0.6) is 5.75 Å². The molecule has 7 rings (SSSR count). The quantitative estimate of drug-likeness (QED) is 0.296. The number of fused-ring (bicyclic) bond motifs is 2. The van der Waals surface area contributed by atoms with Crippen LogP contribution >= 0.6 is 0 Å². The lowest BCUT2D eigenvalue weighted by Gasteiger charge is -2.15. The van der Waals surface area contributed by atoms with Crippen molar-refractivity contribution in [1.29, 1.82) is 0 Å². The summed E-state index contributed by atoms with van der Waals surface area (Å²) in [5.74, 6) is 0.975. The van der Waals surface area contributed by atoms with Gasteiger partial charge in [-0.3, -0.25) is 25.0 Å². The van der Waals surface area contributed by atoms with Gasteiger partial charge >= 0.3 is 0 Å². The van der Waals surface area contributed by atoms with E-state index in [1.165, 1.54) is 25.0 Å². The van der Waals surface area contributed by atoms with Gasteiger partial charge in [-0.1, -0.05) is 12.1 Å². The van der Waals surface area contributed by atoms with E-state index in [0.717, 1.165) is 53.1 Å². The maximum Gasteiger partial charge on any atom is 0.159 e. The monoisotopic (exact) mass is 520 g/mol. The van der Waals surface area contributed by atoms with Crippen LogP contribution in [-0.4, -0.2) is 66.3 Å². The molecule has 0 amide bonds. The van der Waals surface area contributed by atoms with E-state index in [1.807, 2.05) is 24.3 Å². The predicted molar refractivity (Wildman–Crippen MR) is 147 cm³/mol. The molecule has 1 aliphatic rings. The van der Waals surface area contributed by atoms with Crippen molar-refractivity contribution in [3.8, 4) is 39.8 Å². The number of hydrogen-bond acceptors (Lipinski definition) is 7. The van der Waals surface area contributed by atoms with Crippen molar-refractivity contribution in [1.82, 2.24) is 40.0 Å². The summed E-state index contributed by atoms with van der Waals surface area (Å²) in [7, 11) is 0. The van der Waals surface area contributed by atoms with Gasteiger partial charge in [-0.2, -0.15) is 5.10 Å². The molecule has 9 nitrogen and oxygen atoms in total. The maximum absolute atomic E-state index is 13.9. The Morgan fingerprint density at radius 2 is 1.85 bits per heavy atom. The second-order valence-electron chi connectivity index (χ2n) is 9.65. The first-order valence-corrected chi connectivity index (χ1v) is 13.0. The summed E-state index contributed by atoms with van der Waals surface area (Å²) in [4.78, 5) is 24.1. The van der Waals surface area contributed by atoms with E-state index in [4.69, 9.17) is 9.72 Å². The fraction of sp³-hybridized carbons (Fsp3) is 0.207. The Hall–Kier alpha value is -4.70. The first kappa shape index (κ1) is 23.4. The van der Waals surface area contributed by atoms with Crippen LogP contribution in [0.3, 0.4) is 0 Å². The Morgan fingerprint density at radius 1 is 0.923 bits per heavy atom. The Labute approximate surface area is 223 Å². The topological polar surface area (TPSA) is 108 Å². The number of imidazole rings is 1. The molecule has 0 spiro atoms. The molecule has 0 unspecified atom stereocenters. The van der Waals surface area contributed by atoms with E-state index >= 15 is 0 Å². The second kappa shape index (κ2) is 9.88. The van der Waals surface area contributed by atoms with E-state index in [1.54, 1.807) is 30.9 Å². The highest BCUT2D eigenvalue weighted by Crippen LogP contribution is 2.32. The van der Waals surface area contributed by atoms with Crippen LogP contribution in [0.1, 0.15) is 12.8 Å². The third-order valence-electron chi connectivity index (χ3n) is 7.05. The first-order chi connectivity index (χ1) is 19.2. The zero-order valence-electron chi connectivity index (χ0n) is 21.1. The van der Waals surface area contributed by atoms with Crippen molar-refractivity contribution in [2.75, 3.05) is 26.2 Å². The lowest BCUT2D eigenvalue weighted by molar-refractivity contribution is 0.237. The summed E-state index contributed by atoms with van der Waals surface area (Å²) in [6, 6.07) is 12.1. The Balaban J connectivity index is 1.20. The van der Waals surface area contributed by atoms with E-state index < -0.39 is 0 Å². The highest BCUT2D eigenvalue weighted by Gasteiger charge is 2.17. The van der Waals surface area contributed by atoms with E-state index in [2.05, 4.69) is 35.0 Å². The Morgan fingerprint density at radius 3 is 2.74 bits per heavy atom. The van der Waals surface area contributed by atoms with E-state index in [0.29, 0.717) is 34.9 Å². The number of hydrogen-bond donors (Lipinski definition) is 2. The predicted octanol–water partition coefficient (Wildman–Crippen LogP) is 5.24. The summed E-state index contributed by atoms with van der Waals surface area (Å²) >= 11 is 0. The van der Waals surface area contributed by atoms with Crippen molar-refractivity contribution < 1.29 is 9.13 Å². The van der Waals surface area contributed by atoms with Crippen molar-refractivity contribution in [3.05, 3.63) is 73.1 Å². The Kier molecular flexibility index (Phi) is 5.93. The minimum absolute atomic E-state index is 0.323. The molecule has 0 bridgehead atoms. The summed E-state index contributed by atoms with van der Waals surface area (Å²) < 4.78 is 19.9. The molecule has 10 heteroatoms. The summed E-state index contributed by atoms with van der Waals surface area (Å²) in [6.45, 7) is 3.84. The molecule has 0 saturated carbocycles. The van der Waals surface area contributed by atoms with Gasteiger partial charge in [0.2, 0.25) is 0 Å². The highest BCUT2D eigenvalue weighted by atomic mass is 19.1. The molecular weight excluding hydrogens is 495 g/mol. The maximum atomic E-state index is 13.9. The molecule has 6 heterocycles. The standard InChI is InChI=1S/C29H25FN8O/c30-20-5-3-4-18(12-20)26-28-23(6-7-32-26)34-29(35-28)27-22-14-24(33-17-25(22)36-37-27)19-13-21(16-31-15-19)39-11-10-38-8-1-2-9-38/h3-7,12-17H,1-2,8-11H2,(H,34,35)(H,36,37). The zero-order valence-corrected chi connectivity index (χ0v) is 21.1. The number of halogens is 1. The van der Waals surface area contributed by atoms with Crippen LogP contribution in [-0.2, 0) is 0 Å². The molecule has 1 aliphatic heterocycles. The van der Waals surface area contributed by atoms with Gasteiger partial charge in [0.15, 0.2) is 5.82 Å². The molecule has 2 N–H and O–H groups in total. The van der Waals surface area contributed by atoms with Crippen LogP contribution in [0.2, 0.25) is 0 Å². The molecule has 5 aromatic heterocycles. The lowest BCUT2D eigenvalue weighted by atomic mass is 10.1. The van der Waals surface area contributed by atoms with Crippen molar-refractivity contribution >= 4 is 21.9 Å². The molecule has 0 radical (unpaired) electrons. The number of rotatable bonds is 7. The van der Waals surface area contributed by atoms with Crippen LogP contribution in [0.15, 0.2) is 67.3 Å².